The van der Waals surface area contributed by atoms with Crippen LogP contribution in [0.15, 0.2) is 65.8 Å². The number of thiazole rings is 1. The fourth-order valence-corrected chi connectivity index (χ4v) is 5.46. The van der Waals surface area contributed by atoms with E-state index in [0.29, 0.717) is 22.5 Å². The largest absolute Gasteiger partial charge is 0.279 e. The van der Waals surface area contributed by atoms with Crippen LogP contribution in [0.5, 0.6) is 0 Å². The van der Waals surface area contributed by atoms with E-state index in [9.17, 15) is 4.79 Å². The van der Waals surface area contributed by atoms with Crippen molar-refractivity contribution in [2.45, 2.75) is 44.4 Å². The third-order valence-electron chi connectivity index (χ3n) is 4.83. The molecule has 0 saturated heterocycles. The van der Waals surface area contributed by atoms with E-state index in [1.54, 1.807) is 40.4 Å². The molecule has 2 aromatic heterocycles. The van der Waals surface area contributed by atoms with Gasteiger partial charge in [0, 0.05) is 28.1 Å². The summed E-state index contributed by atoms with van der Waals surface area (Å²) < 4.78 is 1.10. The van der Waals surface area contributed by atoms with Gasteiger partial charge in [0.2, 0.25) is 0 Å². The Labute approximate surface area is 191 Å². The molecule has 6 heteroatoms. The molecule has 1 amide bonds. The van der Waals surface area contributed by atoms with Crippen molar-refractivity contribution >= 4 is 44.4 Å². The Kier molecular flexibility index (Phi) is 6.39. The summed E-state index contributed by atoms with van der Waals surface area (Å²) >= 11 is 3.35. The Bertz CT molecular complexity index is 1200. The standard InChI is InChI=1S/C25H25N3OS2/c1-16(2)30-21-9-7-20(8-10-21)24(29)28(15-19-6-5-11-26-14-19)25-27-23-18(4)12-17(3)13-22(23)31-25/h5-14,16H,15H2,1-4H3. The summed E-state index contributed by atoms with van der Waals surface area (Å²) in [4.78, 5) is 25.6. The van der Waals surface area contributed by atoms with Gasteiger partial charge in [0.15, 0.2) is 5.13 Å². The molecule has 4 aromatic rings. The highest BCUT2D eigenvalue weighted by Crippen LogP contribution is 2.33. The highest BCUT2D eigenvalue weighted by Gasteiger charge is 2.22. The van der Waals surface area contributed by atoms with Crippen LogP contribution in [0.1, 0.15) is 40.9 Å². The topological polar surface area (TPSA) is 46.1 Å². The maximum absolute atomic E-state index is 13.6. The molecular formula is C25H25N3OS2. The molecule has 0 bridgehead atoms. The summed E-state index contributed by atoms with van der Waals surface area (Å²) in [6.07, 6.45) is 3.54. The number of pyridine rings is 1. The molecule has 31 heavy (non-hydrogen) atoms. The Morgan fingerprint density at radius 3 is 2.58 bits per heavy atom. The van der Waals surface area contributed by atoms with Crippen LogP contribution in [0.4, 0.5) is 5.13 Å². The number of aromatic nitrogens is 2. The van der Waals surface area contributed by atoms with Crippen LogP contribution in [0, 0.1) is 13.8 Å². The van der Waals surface area contributed by atoms with Crippen molar-refractivity contribution in [2.24, 2.45) is 0 Å². The molecule has 0 aliphatic rings. The fourth-order valence-electron chi connectivity index (χ4n) is 3.48. The van der Waals surface area contributed by atoms with Crippen LogP contribution >= 0.6 is 23.1 Å². The first-order valence-corrected chi connectivity index (χ1v) is 12.0. The number of hydrogen-bond donors (Lipinski definition) is 0. The van der Waals surface area contributed by atoms with Gasteiger partial charge in [-0.25, -0.2) is 4.98 Å². The first-order chi connectivity index (χ1) is 14.9. The summed E-state index contributed by atoms with van der Waals surface area (Å²) in [6.45, 7) is 8.90. The zero-order valence-corrected chi connectivity index (χ0v) is 19.8. The molecule has 158 valence electrons. The van der Waals surface area contributed by atoms with Crippen LogP contribution in [0.2, 0.25) is 0 Å². The second-order valence-electron chi connectivity index (χ2n) is 7.87. The van der Waals surface area contributed by atoms with Crippen molar-refractivity contribution in [1.82, 2.24) is 9.97 Å². The van der Waals surface area contributed by atoms with Gasteiger partial charge in [-0.15, -0.1) is 11.8 Å². The van der Waals surface area contributed by atoms with E-state index in [1.165, 1.54) is 5.56 Å². The lowest BCUT2D eigenvalue weighted by atomic mass is 10.1. The van der Waals surface area contributed by atoms with Crippen molar-refractivity contribution in [3.05, 3.63) is 83.2 Å². The number of rotatable bonds is 6. The number of thioether (sulfide) groups is 1. The molecule has 0 unspecified atom stereocenters. The maximum Gasteiger partial charge on any atom is 0.260 e. The molecule has 0 aliphatic heterocycles. The van der Waals surface area contributed by atoms with Crippen LogP contribution < -0.4 is 4.90 Å². The van der Waals surface area contributed by atoms with Gasteiger partial charge in [0.05, 0.1) is 16.8 Å². The number of anilines is 1. The quantitative estimate of drug-likeness (QED) is 0.310. The smallest absolute Gasteiger partial charge is 0.260 e. The summed E-state index contributed by atoms with van der Waals surface area (Å²) in [5.41, 5.74) is 4.90. The average Bonchev–Trinajstić information content (AvgIpc) is 3.16. The molecule has 0 N–H and O–H groups in total. The lowest BCUT2D eigenvalue weighted by Crippen LogP contribution is -2.30. The Balaban J connectivity index is 1.72. The summed E-state index contributed by atoms with van der Waals surface area (Å²) in [5.74, 6) is -0.0571. The number of aryl methyl sites for hydroxylation is 2. The number of carbonyl (C=O) groups excluding carboxylic acids is 1. The average molecular weight is 448 g/mol. The van der Waals surface area contributed by atoms with Crippen LogP contribution in [-0.2, 0) is 6.54 Å². The number of carbonyl (C=O) groups is 1. The molecule has 0 spiro atoms. The molecule has 4 rings (SSSR count). The van der Waals surface area contributed by atoms with E-state index in [2.05, 4.69) is 44.8 Å². The molecule has 0 fully saturated rings. The molecule has 4 nitrogen and oxygen atoms in total. The highest BCUT2D eigenvalue weighted by molar-refractivity contribution is 7.99. The lowest BCUT2D eigenvalue weighted by molar-refractivity contribution is 0.0985. The van der Waals surface area contributed by atoms with Gasteiger partial charge in [0.1, 0.15) is 0 Å². The zero-order valence-electron chi connectivity index (χ0n) is 18.1. The minimum atomic E-state index is -0.0571. The molecule has 0 saturated carbocycles. The number of fused-ring (bicyclic) bond motifs is 1. The van der Waals surface area contributed by atoms with Crippen molar-refractivity contribution in [3.63, 3.8) is 0 Å². The summed E-state index contributed by atoms with van der Waals surface area (Å²) in [7, 11) is 0. The first-order valence-electron chi connectivity index (χ1n) is 10.3. The minimum Gasteiger partial charge on any atom is -0.279 e. The predicted octanol–water partition coefficient (Wildman–Crippen LogP) is 6.66. The summed E-state index contributed by atoms with van der Waals surface area (Å²) in [6, 6.07) is 16.0. The predicted molar refractivity (Wildman–Crippen MR) is 131 cm³/mol. The molecule has 0 atom stereocenters. The minimum absolute atomic E-state index is 0.0571. The molecule has 0 radical (unpaired) electrons. The van der Waals surface area contributed by atoms with Gasteiger partial charge in [-0.05, 0) is 66.9 Å². The Hall–Kier alpha value is -2.70. The molecule has 2 heterocycles. The number of amides is 1. The van der Waals surface area contributed by atoms with Gasteiger partial charge in [-0.3, -0.25) is 14.7 Å². The van der Waals surface area contributed by atoms with Gasteiger partial charge in [-0.2, -0.15) is 0 Å². The molecule has 2 aromatic carbocycles. The van der Waals surface area contributed by atoms with Crippen molar-refractivity contribution < 1.29 is 4.79 Å². The van der Waals surface area contributed by atoms with Crippen molar-refractivity contribution in [1.29, 1.82) is 0 Å². The monoisotopic (exact) mass is 447 g/mol. The Morgan fingerprint density at radius 1 is 1.13 bits per heavy atom. The van der Waals surface area contributed by atoms with Crippen LogP contribution in [0.3, 0.4) is 0 Å². The van der Waals surface area contributed by atoms with Crippen LogP contribution in [0.25, 0.3) is 10.2 Å². The molecular weight excluding hydrogens is 422 g/mol. The third-order valence-corrected chi connectivity index (χ3v) is 6.87. The van der Waals surface area contributed by atoms with E-state index in [1.807, 2.05) is 36.4 Å². The summed E-state index contributed by atoms with van der Waals surface area (Å²) in [5, 5.41) is 1.20. The van der Waals surface area contributed by atoms with Crippen LogP contribution in [-0.4, -0.2) is 21.1 Å². The van der Waals surface area contributed by atoms with Gasteiger partial charge >= 0.3 is 0 Å². The highest BCUT2D eigenvalue weighted by atomic mass is 32.2. The van der Waals surface area contributed by atoms with Gasteiger partial charge in [0.25, 0.3) is 5.91 Å². The van der Waals surface area contributed by atoms with E-state index in [-0.39, 0.29) is 5.91 Å². The first kappa shape index (κ1) is 21.5. The number of nitrogens with zero attached hydrogens (tertiary/aromatic N) is 3. The van der Waals surface area contributed by atoms with Gasteiger partial charge in [-0.1, -0.05) is 37.3 Å². The fraction of sp³-hybridized carbons (Fsp3) is 0.240. The van der Waals surface area contributed by atoms with Gasteiger partial charge < -0.3 is 0 Å². The van der Waals surface area contributed by atoms with E-state index in [0.717, 1.165) is 26.2 Å². The van der Waals surface area contributed by atoms with Crippen molar-refractivity contribution in [3.8, 4) is 0 Å². The normalized spacial score (nSPS) is 11.3. The number of benzene rings is 2. The maximum atomic E-state index is 13.6. The van der Waals surface area contributed by atoms with E-state index in [4.69, 9.17) is 4.98 Å². The SMILES string of the molecule is Cc1cc(C)c2nc(N(Cc3cccnc3)C(=O)c3ccc(SC(C)C)cc3)sc2c1. The van der Waals surface area contributed by atoms with Crippen molar-refractivity contribution in [2.75, 3.05) is 4.90 Å². The molecule has 0 aliphatic carbocycles. The Morgan fingerprint density at radius 2 is 1.90 bits per heavy atom. The second-order valence-corrected chi connectivity index (χ2v) is 10.5. The van der Waals surface area contributed by atoms with E-state index < -0.39 is 0 Å². The second kappa shape index (κ2) is 9.20. The third kappa shape index (κ3) is 4.97. The zero-order chi connectivity index (χ0) is 22.0. The lowest BCUT2D eigenvalue weighted by Gasteiger charge is -2.20. The number of hydrogen-bond acceptors (Lipinski definition) is 5. The van der Waals surface area contributed by atoms with E-state index >= 15 is 0 Å².